The molecule has 0 aromatic rings. The van der Waals surface area contributed by atoms with Crippen molar-refractivity contribution >= 4 is 65.0 Å². The van der Waals surface area contributed by atoms with Gasteiger partial charge in [0.25, 0.3) is 0 Å². The Kier molecular flexibility index (Phi) is 29.6. The smallest absolute Gasteiger partial charge is 0.246 e. The summed E-state index contributed by atoms with van der Waals surface area (Å²) in [6.45, 7) is 30.0. The first-order valence-electron chi connectivity index (χ1n) is 29.3. The molecule has 22 heteroatoms. The van der Waals surface area contributed by atoms with Crippen LogP contribution in [0.1, 0.15) is 156 Å². The lowest BCUT2D eigenvalue weighted by atomic mass is 9.95. The summed E-state index contributed by atoms with van der Waals surface area (Å²) in [5, 5.41) is 11.1. The van der Waals surface area contributed by atoms with Crippen molar-refractivity contribution in [1.29, 1.82) is 0 Å². The van der Waals surface area contributed by atoms with Gasteiger partial charge in [-0.2, -0.15) is 0 Å². The van der Waals surface area contributed by atoms with E-state index in [0.717, 1.165) is 0 Å². The molecule has 1 rings (SSSR count). The first-order valence-corrected chi connectivity index (χ1v) is 29.3. The molecular formula is C59H107N11O11. The molecular weight excluding hydrogens is 1040 g/mol. The van der Waals surface area contributed by atoms with Gasteiger partial charge >= 0.3 is 0 Å². The van der Waals surface area contributed by atoms with Gasteiger partial charge in [0.1, 0.15) is 60.4 Å². The van der Waals surface area contributed by atoms with Crippen molar-refractivity contribution in [2.45, 2.75) is 217 Å². The monoisotopic (exact) mass is 1150 g/mol. The van der Waals surface area contributed by atoms with Gasteiger partial charge in [-0.3, -0.25) is 52.7 Å². The molecule has 0 unspecified atom stereocenters. The number of rotatable bonds is 13. The summed E-state index contributed by atoms with van der Waals surface area (Å²) in [6.07, 6.45) is 1.04. The first-order chi connectivity index (χ1) is 37.2. The lowest BCUT2D eigenvalue weighted by Crippen LogP contribution is -2.61. The third-order valence-corrected chi connectivity index (χ3v) is 15.2. The quantitative estimate of drug-likeness (QED) is 0.208. The van der Waals surface area contributed by atoms with Gasteiger partial charge in [-0.05, 0) is 93.8 Å². The molecule has 0 aromatic heterocycles. The normalized spacial score (nSPS) is 26.8. The zero-order valence-electron chi connectivity index (χ0n) is 53.9. The van der Waals surface area contributed by atoms with Gasteiger partial charge in [0.15, 0.2) is 0 Å². The van der Waals surface area contributed by atoms with E-state index in [9.17, 15) is 52.7 Å². The minimum absolute atomic E-state index is 0.109. The fraction of sp³-hybridized carbons (Fsp3) is 0.814. The highest BCUT2D eigenvalue weighted by molar-refractivity contribution is 5.99. The van der Waals surface area contributed by atoms with Crippen molar-refractivity contribution in [1.82, 2.24) is 55.6 Å². The second kappa shape index (κ2) is 32.7. The van der Waals surface area contributed by atoms with Crippen molar-refractivity contribution in [3.05, 3.63) is 0 Å². The maximum absolute atomic E-state index is 15.0. The third kappa shape index (κ3) is 20.8. The zero-order chi connectivity index (χ0) is 63.0. The van der Waals surface area contributed by atoms with Crippen molar-refractivity contribution < 1.29 is 52.7 Å². The Labute approximate surface area is 485 Å². The van der Waals surface area contributed by atoms with Crippen molar-refractivity contribution in [2.75, 3.05) is 55.9 Å². The molecule has 22 nitrogen and oxygen atoms in total. The Hall–Kier alpha value is -5.83. The van der Waals surface area contributed by atoms with E-state index in [-0.39, 0.29) is 68.1 Å². The van der Waals surface area contributed by atoms with E-state index in [4.69, 9.17) is 0 Å². The van der Waals surface area contributed by atoms with Crippen LogP contribution in [0.25, 0.3) is 0 Å². The molecule has 1 saturated heterocycles. The molecule has 4 N–H and O–H groups in total. The Balaban J connectivity index is 4.20. The molecule has 0 spiro atoms. The van der Waals surface area contributed by atoms with E-state index in [1.54, 1.807) is 34.6 Å². The van der Waals surface area contributed by atoms with E-state index in [0.29, 0.717) is 0 Å². The molecule has 1 fully saturated rings. The highest BCUT2D eigenvalue weighted by atomic mass is 16.2. The van der Waals surface area contributed by atoms with Crippen LogP contribution in [0.3, 0.4) is 0 Å². The largest absolute Gasteiger partial charge is 0.343 e. The number of nitrogens with zero attached hydrogens (tertiary/aromatic N) is 7. The summed E-state index contributed by atoms with van der Waals surface area (Å²) in [5.74, 6) is -8.23. The Morgan fingerprint density at radius 3 is 1.12 bits per heavy atom. The van der Waals surface area contributed by atoms with Crippen molar-refractivity contribution in [3.63, 3.8) is 0 Å². The number of hydrogen-bond donors (Lipinski definition) is 4. The molecule has 11 amide bonds. The number of carbonyl (C=O) groups excluding carboxylic acids is 11. The average Bonchev–Trinajstić information content (AvgIpc) is 3.37. The summed E-state index contributed by atoms with van der Waals surface area (Å²) >= 11 is 0. The molecule has 0 bridgehead atoms. The number of hydrogen-bond acceptors (Lipinski definition) is 11. The van der Waals surface area contributed by atoms with Gasteiger partial charge in [-0.25, -0.2) is 0 Å². The minimum Gasteiger partial charge on any atom is -0.343 e. The van der Waals surface area contributed by atoms with E-state index < -0.39 is 144 Å². The molecule has 1 aliphatic rings. The van der Waals surface area contributed by atoms with Gasteiger partial charge in [0.2, 0.25) is 65.0 Å². The summed E-state index contributed by atoms with van der Waals surface area (Å²) in [7, 11) is 10.2. The standard InChI is InChI=1S/C59H107N11O11/c1-25-41-55(77)64(18)31-47(71)65(19)42(26-32(2)3)53(75)63-48(37(12)13)58(80)66(20)43(27-33(4)5)51(73)60-39(16)50(72)61-40(17)54(76)68(22)45(29-35(8)9)56(78)69(23)46(30-36(10)11)57(79)70(24)49(38(14)15)59(81)67(21)44(28-34(6)7)52(74)62-41/h32-46,48-49H,25-31H2,1-24H3,(H,60,73)(H,61,72)(H,62,74)(H,63,75)/t39-,40+,41+,42-,43+,44-,45-,46-,48-,49+/m0/s1. The molecule has 0 aliphatic carbocycles. The fourth-order valence-corrected chi connectivity index (χ4v) is 10.2. The average molecular weight is 1150 g/mol. The molecule has 81 heavy (non-hydrogen) atoms. The van der Waals surface area contributed by atoms with E-state index >= 15 is 0 Å². The van der Waals surface area contributed by atoms with Gasteiger partial charge in [0.05, 0.1) is 6.54 Å². The van der Waals surface area contributed by atoms with Crippen LogP contribution in [-0.2, 0) is 52.7 Å². The Morgan fingerprint density at radius 2 is 0.716 bits per heavy atom. The Bertz CT molecular complexity index is 2180. The highest BCUT2D eigenvalue weighted by Gasteiger charge is 2.44. The first kappa shape index (κ1) is 73.2. The molecule has 1 aliphatic heterocycles. The zero-order valence-corrected chi connectivity index (χ0v) is 53.9. The van der Waals surface area contributed by atoms with Crippen LogP contribution >= 0.6 is 0 Å². The summed E-state index contributed by atoms with van der Waals surface area (Å²) in [6, 6.07) is -11.3. The van der Waals surface area contributed by atoms with Gasteiger partial charge in [-0.15, -0.1) is 0 Å². The van der Waals surface area contributed by atoms with Crippen LogP contribution in [0.15, 0.2) is 0 Å². The number of nitrogens with one attached hydrogen (secondary N) is 4. The van der Waals surface area contributed by atoms with E-state index in [1.807, 2.05) is 69.2 Å². The predicted molar refractivity (Wildman–Crippen MR) is 313 cm³/mol. The second-order valence-corrected chi connectivity index (χ2v) is 25.5. The maximum Gasteiger partial charge on any atom is 0.246 e. The highest BCUT2D eigenvalue weighted by Crippen LogP contribution is 2.25. The molecule has 0 saturated carbocycles. The van der Waals surface area contributed by atoms with Crippen LogP contribution in [-0.4, -0.2) is 216 Å². The van der Waals surface area contributed by atoms with Gasteiger partial charge in [0, 0.05) is 49.3 Å². The van der Waals surface area contributed by atoms with Crippen LogP contribution in [0, 0.1) is 41.4 Å². The summed E-state index contributed by atoms with van der Waals surface area (Å²) in [4.78, 5) is 168. The molecule has 1 heterocycles. The van der Waals surface area contributed by atoms with Crippen LogP contribution in [0.5, 0.6) is 0 Å². The maximum atomic E-state index is 15.0. The number of carbonyl (C=O) groups is 11. The van der Waals surface area contributed by atoms with E-state index in [1.165, 1.54) is 97.5 Å². The Morgan fingerprint density at radius 1 is 0.370 bits per heavy atom. The molecule has 464 valence electrons. The SMILES string of the molecule is CC[C@H]1NC(=O)[C@H](CC(C)C)N(C)C(=O)[C@@H](C(C)C)N(C)C(=O)[C@H](CC(C)C)N(C)C(=O)[C@H](CC(C)C)N(C)C(=O)[C@@H](C)NC(=O)[C@H](C)NC(=O)[C@@H](CC(C)C)N(C)C(=O)[C@H](C(C)C)NC(=O)[C@H](CC(C)C)N(C)C(=O)CN(C)C1=O. The van der Waals surface area contributed by atoms with Gasteiger partial charge < -0.3 is 55.6 Å². The minimum atomic E-state index is -1.21. The van der Waals surface area contributed by atoms with Gasteiger partial charge in [-0.1, -0.05) is 104 Å². The van der Waals surface area contributed by atoms with E-state index in [2.05, 4.69) is 21.3 Å². The van der Waals surface area contributed by atoms with Crippen molar-refractivity contribution in [2.24, 2.45) is 41.4 Å². The van der Waals surface area contributed by atoms with Crippen molar-refractivity contribution in [3.8, 4) is 0 Å². The van der Waals surface area contributed by atoms with Crippen LogP contribution in [0.2, 0.25) is 0 Å². The fourth-order valence-electron chi connectivity index (χ4n) is 10.2. The lowest BCUT2D eigenvalue weighted by molar-refractivity contribution is -0.156. The molecule has 10 atom stereocenters. The van der Waals surface area contributed by atoms with Crippen LogP contribution < -0.4 is 21.3 Å². The van der Waals surface area contributed by atoms with Crippen LogP contribution in [0.4, 0.5) is 0 Å². The lowest BCUT2D eigenvalue weighted by Gasteiger charge is -2.41. The number of amides is 11. The topological polar surface area (TPSA) is 259 Å². The number of likely N-dealkylation sites (N-methyl/N-ethyl adjacent to an activating group) is 7. The third-order valence-electron chi connectivity index (χ3n) is 15.2. The molecule has 0 radical (unpaired) electrons. The summed E-state index contributed by atoms with van der Waals surface area (Å²) < 4.78 is 0. The predicted octanol–water partition coefficient (Wildman–Crippen LogP) is 3.35. The molecule has 0 aromatic carbocycles. The second-order valence-electron chi connectivity index (χ2n) is 25.5. The summed E-state index contributed by atoms with van der Waals surface area (Å²) in [5.41, 5.74) is 0.